The lowest BCUT2D eigenvalue weighted by Crippen LogP contribution is -2.09. The van der Waals surface area contributed by atoms with Gasteiger partial charge in [-0.05, 0) is 17.7 Å². The lowest BCUT2D eigenvalue weighted by molar-refractivity contribution is -0.139. The van der Waals surface area contributed by atoms with Crippen LogP contribution in [0.3, 0.4) is 0 Å². The summed E-state index contributed by atoms with van der Waals surface area (Å²) in [7, 11) is 3.10. The van der Waals surface area contributed by atoms with Crippen molar-refractivity contribution in [3.8, 4) is 0 Å². The first-order valence-electron chi connectivity index (χ1n) is 3.94. The highest BCUT2D eigenvalue weighted by Crippen LogP contribution is 2.02. The number of hydrogen-bond acceptors (Lipinski definition) is 2. The Balaban J connectivity index is 2.83. The second-order valence-electron chi connectivity index (χ2n) is 2.89. The van der Waals surface area contributed by atoms with Gasteiger partial charge in [0.25, 0.3) is 0 Å². The van der Waals surface area contributed by atoms with Crippen molar-refractivity contribution in [3.63, 3.8) is 0 Å². The van der Waals surface area contributed by atoms with Crippen LogP contribution in [-0.4, -0.2) is 20.9 Å². The van der Waals surface area contributed by atoms with Gasteiger partial charge in [0.2, 0.25) is 0 Å². The normalized spacial score (nSPS) is 9.69. The maximum Gasteiger partial charge on any atom is 0.309 e. The number of carbonyl (C=O) groups excluding carboxylic acids is 1. The predicted octanol–water partition coefficient (Wildman–Crippen LogP) is -0.200. The topological polar surface area (TPSA) is 26.3 Å². The second kappa shape index (κ2) is 4.07. The molecule has 0 bridgehead atoms. The molecule has 2 nitrogen and oxygen atoms in total. The zero-order chi connectivity index (χ0) is 9.84. The Bertz CT molecular complexity index is 305. The molecule has 0 unspecified atom stereocenters. The van der Waals surface area contributed by atoms with Crippen molar-refractivity contribution in [1.29, 1.82) is 0 Å². The number of esters is 1. The molecule has 1 aromatic rings. The largest absolute Gasteiger partial charge is 0.469 e. The van der Waals surface area contributed by atoms with E-state index in [0.29, 0.717) is 5.56 Å². The van der Waals surface area contributed by atoms with Gasteiger partial charge in [-0.1, -0.05) is 11.5 Å². The molecule has 1 rings (SSSR count). The first-order chi connectivity index (χ1) is 6.11. The van der Waals surface area contributed by atoms with Gasteiger partial charge >= 0.3 is 5.97 Å². The molecule has 13 heavy (non-hydrogen) atoms. The van der Waals surface area contributed by atoms with Crippen LogP contribution in [-0.2, 0) is 16.0 Å². The van der Waals surface area contributed by atoms with Crippen LogP contribution in [0.5, 0.6) is 0 Å². The Morgan fingerprint density at radius 3 is 2.77 bits per heavy atom. The lowest BCUT2D eigenvalue weighted by Gasteiger charge is -2.01. The molecule has 0 saturated carbocycles. The van der Waals surface area contributed by atoms with Gasteiger partial charge in [-0.3, -0.25) is 4.79 Å². The van der Waals surface area contributed by atoms with E-state index in [1.165, 1.54) is 19.2 Å². The molecule has 0 fully saturated rings. The molecule has 0 radical (unpaired) electrons. The SMILES string of the molecule is Bc1cc(F)cc(CC(=O)OC)c1. The fourth-order valence-electron chi connectivity index (χ4n) is 1.15. The highest BCUT2D eigenvalue weighted by Gasteiger charge is 2.04. The summed E-state index contributed by atoms with van der Waals surface area (Å²) < 4.78 is 17.3. The molecular weight excluding hydrogens is 170 g/mol. The van der Waals surface area contributed by atoms with E-state index in [1.54, 1.807) is 13.9 Å². The minimum Gasteiger partial charge on any atom is -0.469 e. The summed E-state index contributed by atoms with van der Waals surface area (Å²) in [6.07, 6.45) is 0.120. The van der Waals surface area contributed by atoms with Crippen LogP contribution >= 0.6 is 0 Å². The summed E-state index contributed by atoms with van der Waals surface area (Å²) in [5.41, 5.74) is 1.45. The number of methoxy groups -OCH3 is 1. The summed E-state index contributed by atoms with van der Waals surface area (Å²) in [6, 6.07) is 4.52. The third-order valence-electron chi connectivity index (χ3n) is 1.68. The average Bonchev–Trinajstić information content (AvgIpc) is 2.02. The van der Waals surface area contributed by atoms with Gasteiger partial charge in [0.1, 0.15) is 13.7 Å². The highest BCUT2D eigenvalue weighted by molar-refractivity contribution is 6.32. The van der Waals surface area contributed by atoms with Crippen molar-refractivity contribution in [2.45, 2.75) is 6.42 Å². The number of rotatable bonds is 2. The number of hydrogen-bond donors (Lipinski definition) is 0. The van der Waals surface area contributed by atoms with E-state index in [1.807, 2.05) is 0 Å². The van der Waals surface area contributed by atoms with E-state index < -0.39 is 0 Å². The van der Waals surface area contributed by atoms with Crippen molar-refractivity contribution < 1.29 is 13.9 Å². The van der Waals surface area contributed by atoms with E-state index in [2.05, 4.69) is 4.74 Å². The molecule has 0 aliphatic carbocycles. The number of halogens is 1. The lowest BCUT2D eigenvalue weighted by atomic mass is 9.93. The van der Waals surface area contributed by atoms with E-state index >= 15 is 0 Å². The molecule has 0 heterocycles. The van der Waals surface area contributed by atoms with Crippen molar-refractivity contribution in [1.82, 2.24) is 0 Å². The monoisotopic (exact) mass is 180 g/mol. The number of carbonyl (C=O) groups is 1. The van der Waals surface area contributed by atoms with Gasteiger partial charge in [0.05, 0.1) is 13.5 Å². The summed E-state index contributed by atoms with van der Waals surface area (Å²) >= 11 is 0. The van der Waals surface area contributed by atoms with Crippen molar-refractivity contribution in [2.75, 3.05) is 7.11 Å². The van der Waals surface area contributed by atoms with Gasteiger partial charge in [-0.2, -0.15) is 0 Å². The van der Waals surface area contributed by atoms with Crippen LogP contribution in [0, 0.1) is 5.82 Å². The predicted molar refractivity (Wildman–Crippen MR) is 50.3 cm³/mol. The minimum atomic E-state index is -0.356. The fraction of sp³-hybridized carbons (Fsp3) is 0.222. The molecule has 0 aliphatic rings. The molecule has 4 heteroatoms. The smallest absolute Gasteiger partial charge is 0.309 e. The van der Waals surface area contributed by atoms with Crippen molar-refractivity contribution in [3.05, 3.63) is 29.6 Å². The minimum absolute atomic E-state index is 0.120. The van der Waals surface area contributed by atoms with E-state index in [4.69, 9.17) is 0 Å². The first kappa shape index (κ1) is 9.77. The Morgan fingerprint density at radius 1 is 1.54 bits per heavy atom. The molecule has 0 spiro atoms. The zero-order valence-corrected chi connectivity index (χ0v) is 7.63. The van der Waals surface area contributed by atoms with Gasteiger partial charge in [0, 0.05) is 0 Å². The number of ether oxygens (including phenoxy) is 1. The van der Waals surface area contributed by atoms with Crippen LogP contribution in [0.15, 0.2) is 18.2 Å². The summed E-state index contributed by atoms with van der Waals surface area (Å²) in [4.78, 5) is 10.9. The maximum atomic E-state index is 12.8. The number of benzene rings is 1. The van der Waals surface area contributed by atoms with Crippen molar-refractivity contribution in [2.24, 2.45) is 0 Å². The van der Waals surface area contributed by atoms with Crippen LogP contribution in [0.25, 0.3) is 0 Å². The van der Waals surface area contributed by atoms with E-state index in [0.717, 1.165) is 5.46 Å². The maximum absolute atomic E-state index is 12.8. The Hall–Kier alpha value is -1.32. The molecule has 0 N–H and O–H groups in total. The van der Waals surface area contributed by atoms with E-state index in [-0.39, 0.29) is 18.2 Å². The Morgan fingerprint density at radius 2 is 2.23 bits per heavy atom. The first-order valence-corrected chi connectivity index (χ1v) is 3.94. The van der Waals surface area contributed by atoms with Crippen LogP contribution in [0.1, 0.15) is 5.56 Å². The summed E-state index contributed by atoms with van der Waals surface area (Å²) in [6.45, 7) is 0. The molecule has 0 atom stereocenters. The highest BCUT2D eigenvalue weighted by atomic mass is 19.1. The third-order valence-corrected chi connectivity index (χ3v) is 1.68. The standard InChI is InChI=1S/C9H10BFO2/c1-13-9(12)4-6-2-7(10)5-8(11)3-6/h2-3,5H,4,10H2,1H3. The summed E-state index contributed by atoms with van der Waals surface area (Å²) in [5.74, 6) is -0.677. The van der Waals surface area contributed by atoms with Crippen LogP contribution in [0.4, 0.5) is 4.39 Å². The second-order valence-corrected chi connectivity index (χ2v) is 2.89. The molecule has 0 aromatic heterocycles. The Labute approximate surface area is 77.1 Å². The zero-order valence-electron chi connectivity index (χ0n) is 7.63. The van der Waals surface area contributed by atoms with Crippen LogP contribution < -0.4 is 5.46 Å². The Kier molecular flexibility index (Phi) is 3.06. The average molecular weight is 180 g/mol. The van der Waals surface area contributed by atoms with Crippen LogP contribution in [0.2, 0.25) is 0 Å². The third kappa shape index (κ3) is 2.90. The molecule has 0 saturated heterocycles. The fourth-order valence-corrected chi connectivity index (χ4v) is 1.15. The molecule has 1 aromatic carbocycles. The van der Waals surface area contributed by atoms with Gasteiger partial charge in [0.15, 0.2) is 0 Å². The van der Waals surface area contributed by atoms with Gasteiger partial charge in [-0.25, -0.2) is 4.39 Å². The van der Waals surface area contributed by atoms with Crippen molar-refractivity contribution >= 4 is 19.3 Å². The van der Waals surface area contributed by atoms with Gasteiger partial charge < -0.3 is 4.74 Å². The molecule has 0 amide bonds. The summed E-state index contributed by atoms with van der Waals surface area (Å²) in [5, 5.41) is 0. The van der Waals surface area contributed by atoms with Gasteiger partial charge in [-0.15, -0.1) is 0 Å². The van der Waals surface area contributed by atoms with E-state index in [9.17, 15) is 9.18 Å². The quantitative estimate of drug-likeness (QED) is 0.465. The molecular formula is C9H10BFO2. The molecule has 68 valence electrons. The molecule has 0 aliphatic heterocycles.